The Kier molecular flexibility index (Phi) is 3.64. The predicted octanol–water partition coefficient (Wildman–Crippen LogP) is 1.72. The summed E-state index contributed by atoms with van der Waals surface area (Å²) in [5, 5.41) is 8.71. The second-order valence-electron chi connectivity index (χ2n) is 3.42. The van der Waals surface area contributed by atoms with Gasteiger partial charge in [0, 0.05) is 13.6 Å². The van der Waals surface area contributed by atoms with Crippen LogP contribution in [0.3, 0.4) is 0 Å². The lowest BCUT2D eigenvalue weighted by Crippen LogP contribution is -2.22. The Morgan fingerprint density at radius 3 is 2.44 bits per heavy atom. The fraction of sp³-hybridized carbons (Fsp3) is 0.400. The van der Waals surface area contributed by atoms with Crippen molar-refractivity contribution in [3.63, 3.8) is 0 Å². The molecule has 0 saturated carbocycles. The summed E-state index contributed by atoms with van der Waals surface area (Å²) in [4.78, 5) is 1.59. The Bertz CT molecular complexity index is 366. The van der Waals surface area contributed by atoms with E-state index in [2.05, 4.69) is 0 Å². The van der Waals surface area contributed by atoms with Crippen molar-refractivity contribution in [2.24, 2.45) is 0 Å². The lowest BCUT2D eigenvalue weighted by molar-refractivity contribution is -0.137. The fourth-order valence-corrected chi connectivity index (χ4v) is 1.35. The van der Waals surface area contributed by atoms with Crippen molar-refractivity contribution in [1.29, 1.82) is 0 Å². The lowest BCUT2D eigenvalue weighted by atomic mass is 10.1. The van der Waals surface area contributed by atoms with Crippen LogP contribution < -0.4 is 10.6 Å². The number of halogens is 3. The van der Waals surface area contributed by atoms with Crippen molar-refractivity contribution >= 4 is 11.4 Å². The molecule has 90 valence electrons. The maximum atomic E-state index is 12.3. The minimum atomic E-state index is -4.39. The maximum absolute atomic E-state index is 12.3. The molecular formula is C10H13F3N2O. The molecule has 0 aliphatic carbocycles. The molecule has 0 saturated heterocycles. The zero-order valence-corrected chi connectivity index (χ0v) is 8.75. The highest BCUT2D eigenvalue weighted by Crippen LogP contribution is 2.33. The van der Waals surface area contributed by atoms with Crippen LogP contribution in [0.4, 0.5) is 24.5 Å². The number of nitrogens with two attached hydrogens (primary N) is 1. The number of benzene rings is 1. The summed E-state index contributed by atoms with van der Waals surface area (Å²) < 4.78 is 37.0. The third-order valence-electron chi connectivity index (χ3n) is 2.20. The summed E-state index contributed by atoms with van der Waals surface area (Å²) in [6.07, 6.45) is -4.39. The summed E-state index contributed by atoms with van der Waals surface area (Å²) in [6, 6.07) is 3.16. The van der Waals surface area contributed by atoms with Crippen molar-refractivity contribution in [3.05, 3.63) is 23.8 Å². The minimum Gasteiger partial charge on any atom is -0.397 e. The summed E-state index contributed by atoms with van der Waals surface area (Å²) in [5.41, 5.74) is 5.27. The van der Waals surface area contributed by atoms with Crippen molar-refractivity contribution in [1.82, 2.24) is 0 Å². The van der Waals surface area contributed by atoms with Crippen molar-refractivity contribution in [2.75, 3.05) is 30.8 Å². The van der Waals surface area contributed by atoms with E-state index < -0.39 is 11.7 Å². The van der Waals surface area contributed by atoms with Crippen LogP contribution in [0.5, 0.6) is 0 Å². The first-order valence-corrected chi connectivity index (χ1v) is 4.65. The van der Waals surface area contributed by atoms with Crippen LogP contribution in [0.15, 0.2) is 18.2 Å². The van der Waals surface area contributed by atoms with Gasteiger partial charge in [0.25, 0.3) is 0 Å². The van der Waals surface area contributed by atoms with E-state index in [9.17, 15) is 13.2 Å². The van der Waals surface area contributed by atoms with E-state index in [1.807, 2.05) is 0 Å². The van der Waals surface area contributed by atoms with Gasteiger partial charge in [-0.05, 0) is 18.2 Å². The van der Waals surface area contributed by atoms with Gasteiger partial charge in [-0.1, -0.05) is 0 Å². The standard InChI is InChI=1S/C10H13F3N2O/c1-15(4-5-16)9-3-2-7(6-8(9)14)10(11,12)13/h2-3,6,16H,4-5,14H2,1H3. The molecule has 0 spiro atoms. The number of nitrogen functional groups attached to an aromatic ring is 1. The fourth-order valence-electron chi connectivity index (χ4n) is 1.35. The molecule has 0 unspecified atom stereocenters. The monoisotopic (exact) mass is 234 g/mol. The molecule has 0 radical (unpaired) electrons. The Morgan fingerprint density at radius 1 is 1.38 bits per heavy atom. The number of rotatable bonds is 3. The van der Waals surface area contributed by atoms with Crippen LogP contribution in [-0.4, -0.2) is 25.3 Å². The molecule has 0 aromatic heterocycles. The Balaban J connectivity index is 3.00. The molecule has 0 bridgehead atoms. The van der Waals surface area contributed by atoms with Crippen LogP contribution in [0, 0.1) is 0 Å². The maximum Gasteiger partial charge on any atom is 0.416 e. The summed E-state index contributed by atoms with van der Waals surface area (Å²) in [5.74, 6) is 0. The number of anilines is 2. The third-order valence-corrected chi connectivity index (χ3v) is 2.20. The van der Waals surface area contributed by atoms with E-state index >= 15 is 0 Å². The number of aliphatic hydroxyl groups is 1. The second-order valence-corrected chi connectivity index (χ2v) is 3.42. The van der Waals surface area contributed by atoms with Crippen LogP contribution in [0.2, 0.25) is 0 Å². The van der Waals surface area contributed by atoms with Gasteiger partial charge in [0.15, 0.2) is 0 Å². The number of hydrogen-bond donors (Lipinski definition) is 2. The molecule has 0 atom stereocenters. The molecule has 0 aliphatic rings. The summed E-state index contributed by atoms with van der Waals surface area (Å²) >= 11 is 0. The average Bonchev–Trinajstić information content (AvgIpc) is 2.16. The number of alkyl halides is 3. The van der Waals surface area contributed by atoms with E-state index in [0.717, 1.165) is 12.1 Å². The highest BCUT2D eigenvalue weighted by atomic mass is 19.4. The van der Waals surface area contributed by atoms with Gasteiger partial charge in [-0.25, -0.2) is 0 Å². The van der Waals surface area contributed by atoms with Gasteiger partial charge in [-0.3, -0.25) is 0 Å². The van der Waals surface area contributed by atoms with Gasteiger partial charge in [-0.2, -0.15) is 13.2 Å². The van der Waals surface area contributed by atoms with Crippen LogP contribution in [0.1, 0.15) is 5.56 Å². The minimum absolute atomic E-state index is 0.0470. The van der Waals surface area contributed by atoms with E-state index in [0.29, 0.717) is 12.2 Å². The molecule has 1 aromatic rings. The molecule has 16 heavy (non-hydrogen) atoms. The molecular weight excluding hydrogens is 221 g/mol. The van der Waals surface area contributed by atoms with E-state index in [-0.39, 0.29) is 12.3 Å². The zero-order valence-electron chi connectivity index (χ0n) is 8.75. The molecule has 3 N–H and O–H groups in total. The number of aliphatic hydroxyl groups excluding tert-OH is 1. The topological polar surface area (TPSA) is 49.5 Å². The van der Waals surface area contributed by atoms with Gasteiger partial charge in [0.1, 0.15) is 0 Å². The Labute approximate surface area is 91.3 Å². The van der Waals surface area contributed by atoms with Gasteiger partial charge in [0.2, 0.25) is 0 Å². The SMILES string of the molecule is CN(CCO)c1ccc(C(F)(F)F)cc1N. The first-order valence-electron chi connectivity index (χ1n) is 4.65. The molecule has 0 fully saturated rings. The van der Waals surface area contributed by atoms with Crippen LogP contribution in [0.25, 0.3) is 0 Å². The van der Waals surface area contributed by atoms with Crippen LogP contribution in [-0.2, 0) is 6.18 Å². The molecule has 1 aromatic carbocycles. The van der Waals surface area contributed by atoms with Gasteiger partial charge >= 0.3 is 6.18 Å². The second kappa shape index (κ2) is 4.61. The Morgan fingerprint density at radius 2 is 2.00 bits per heavy atom. The molecule has 1 rings (SSSR count). The highest BCUT2D eigenvalue weighted by molar-refractivity contribution is 5.68. The summed E-state index contributed by atoms with van der Waals surface area (Å²) in [6.45, 7) is 0.229. The first-order chi connectivity index (χ1) is 7.36. The van der Waals surface area contributed by atoms with Crippen molar-refractivity contribution < 1.29 is 18.3 Å². The molecule has 0 aliphatic heterocycles. The zero-order chi connectivity index (χ0) is 12.3. The van der Waals surface area contributed by atoms with Gasteiger partial charge < -0.3 is 15.7 Å². The van der Waals surface area contributed by atoms with E-state index in [1.54, 1.807) is 11.9 Å². The van der Waals surface area contributed by atoms with Gasteiger partial charge in [0.05, 0.1) is 23.5 Å². The van der Waals surface area contributed by atoms with E-state index in [4.69, 9.17) is 10.8 Å². The largest absolute Gasteiger partial charge is 0.416 e. The lowest BCUT2D eigenvalue weighted by Gasteiger charge is -2.20. The number of hydrogen-bond acceptors (Lipinski definition) is 3. The number of nitrogens with zero attached hydrogens (tertiary/aromatic N) is 1. The molecule has 3 nitrogen and oxygen atoms in total. The average molecular weight is 234 g/mol. The quantitative estimate of drug-likeness (QED) is 0.783. The van der Waals surface area contributed by atoms with Gasteiger partial charge in [-0.15, -0.1) is 0 Å². The molecule has 0 heterocycles. The summed E-state index contributed by atoms with van der Waals surface area (Å²) in [7, 11) is 1.65. The van der Waals surface area contributed by atoms with E-state index in [1.165, 1.54) is 6.07 Å². The normalized spacial score (nSPS) is 11.6. The van der Waals surface area contributed by atoms with Crippen molar-refractivity contribution in [3.8, 4) is 0 Å². The number of likely N-dealkylation sites (N-methyl/N-ethyl adjacent to an activating group) is 1. The Hall–Kier alpha value is -1.43. The van der Waals surface area contributed by atoms with Crippen LogP contribution >= 0.6 is 0 Å². The molecule has 6 heteroatoms. The first kappa shape index (κ1) is 12.6. The predicted molar refractivity (Wildman–Crippen MR) is 56.2 cm³/mol. The molecule has 0 amide bonds. The smallest absolute Gasteiger partial charge is 0.397 e. The van der Waals surface area contributed by atoms with Crippen molar-refractivity contribution in [2.45, 2.75) is 6.18 Å². The highest BCUT2D eigenvalue weighted by Gasteiger charge is 2.30. The third kappa shape index (κ3) is 2.79.